The first-order valence-electron chi connectivity index (χ1n) is 25.5. The van der Waals surface area contributed by atoms with Crippen molar-refractivity contribution in [2.24, 2.45) is 0 Å². The van der Waals surface area contributed by atoms with Gasteiger partial charge in [-0.15, -0.1) is 0 Å². The zero-order chi connectivity index (χ0) is 43.8. The van der Waals surface area contributed by atoms with E-state index in [-0.39, 0.29) is 24.9 Å². The summed E-state index contributed by atoms with van der Waals surface area (Å²) in [7, 11) is 0. The Morgan fingerprint density at radius 1 is 0.500 bits per heavy atom. The van der Waals surface area contributed by atoms with E-state index in [0.717, 1.165) is 77.0 Å². The fraction of sp³-hybridized carbons (Fsp3) is 0.778. The van der Waals surface area contributed by atoms with E-state index >= 15 is 0 Å². The summed E-state index contributed by atoms with van der Waals surface area (Å²) in [6.45, 7) is 6.40. The SMILES string of the molecule is CCCCC/C=C\C/C=C\C/C=C\CCCCC(CC(=O)NC(CO)C(O)CCCCCCCCCCCCC)OC(=O)CCCCCCCC/C=C/C=C/CCCCC. The maximum atomic E-state index is 13.2. The van der Waals surface area contributed by atoms with Crippen LogP contribution in [0.2, 0.25) is 0 Å². The van der Waals surface area contributed by atoms with Gasteiger partial charge in [-0.3, -0.25) is 9.59 Å². The molecule has 0 aromatic heterocycles. The fourth-order valence-electron chi connectivity index (χ4n) is 7.43. The van der Waals surface area contributed by atoms with Gasteiger partial charge in [0.05, 0.1) is 25.2 Å². The molecule has 0 bridgehead atoms. The standard InChI is InChI=1S/C54H97NO5/c1-4-7-10-13-16-19-22-24-26-28-31-33-36-39-42-45-50(60-54(59)47-44-41-38-35-32-29-27-25-23-20-17-14-11-8-5-2)48-53(58)55-51(49-56)52(57)46-43-40-37-34-30-21-18-15-12-9-6-3/h16-17,19-20,23-26,31,33,50-52,56-57H,4-15,18,21-22,27-30,32,34-49H2,1-3H3,(H,55,58)/b19-16-,20-17+,25-23+,26-24-,33-31-. The minimum absolute atomic E-state index is 0.0458. The summed E-state index contributed by atoms with van der Waals surface area (Å²) in [5.74, 6) is -0.524. The van der Waals surface area contributed by atoms with Crippen molar-refractivity contribution >= 4 is 11.9 Å². The number of hydrogen-bond donors (Lipinski definition) is 3. The molecule has 0 spiro atoms. The average Bonchev–Trinajstić information content (AvgIpc) is 3.24. The summed E-state index contributed by atoms with van der Waals surface area (Å²) in [6.07, 6.45) is 58.4. The second-order valence-electron chi connectivity index (χ2n) is 17.2. The third-order valence-electron chi connectivity index (χ3n) is 11.3. The number of ether oxygens (including phenoxy) is 1. The molecule has 0 heterocycles. The number of rotatable bonds is 45. The largest absolute Gasteiger partial charge is 0.462 e. The predicted molar refractivity (Wildman–Crippen MR) is 259 cm³/mol. The first-order valence-corrected chi connectivity index (χ1v) is 25.5. The molecule has 0 aliphatic heterocycles. The van der Waals surface area contributed by atoms with Crippen LogP contribution in [0.5, 0.6) is 0 Å². The number of hydrogen-bond acceptors (Lipinski definition) is 5. The molecule has 3 N–H and O–H groups in total. The highest BCUT2D eigenvalue weighted by Crippen LogP contribution is 2.17. The molecule has 0 aromatic rings. The van der Waals surface area contributed by atoms with E-state index in [1.165, 1.54) is 122 Å². The van der Waals surface area contributed by atoms with Gasteiger partial charge in [-0.05, 0) is 89.9 Å². The average molecular weight is 840 g/mol. The Hall–Kier alpha value is -2.44. The van der Waals surface area contributed by atoms with Crippen molar-refractivity contribution in [2.45, 2.75) is 264 Å². The molecule has 0 aliphatic carbocycles. The summed E-state index contributed by atoms with van der Waals surface area (Å²) in [4.78, 5) is 26.1. The lowest BCUT2D eigenvalue weighted by Gasteiger charge is -2.24. The van der Waals surface area contributed by atoms with Gasteiger partial charge in [0.15, 0.2) is 0 Å². The quantitative estimate of drug-likeness (QED) is 0.0246. The van der Waals surface area contributed by atoms with Crippen LogP contribution >= 0.6 is 0 Å². The van der Waals surface area contributed by atoms with Gasteiger partial charge in [-0.1, -0.05) is 204 Å². The van der Waals surface area contributed by atoms with Crippen molar-refractivity contribution in [3.05, 3.63) is 60.8 Å². The first-order chi connectivity index (χ1) is 29.5. The van der Waals surface area contributed by atoms with Crippen molar-refractivity contribution in [2.75, 3.05) is 6.61 Å². The molecule has 0 rings (SSSR count). The number of allylic oxidation sites excluding steroid dienone is 10. The van der Waals surface area contributed by atoms with Crippen molar-refractivity contribution in [3.63, 3.8) is 0 Å². The van der Waals surface area contributed by atoms with E-state index in [9.17, 15) is 19.8 Å². The Morgan fingerprint density at radius 2 is 0.900 bits per heavy atom. The fourth-order valence-corrected chi connectivity index (χ4v) is 7.43. The van der Waals surface area contributed by atoms with Gasteiger partial charge in [-0.2, -0.15) is 0 Å². The molecule has 6 nitrogen and oxygen atoms in total. The maximum Gasteiger partial charge on any atom is 0.306 e. The molecular formula is C54H97NO5. The van der Waals surface area contributed by atoms with Gasteiger partial charge in [0.25, 0.3) is 0 Å². The molecule has 60 heavy (non-hydrogen) atoms. The van der Waals surface area contributed by atoms with Crippen LogP contribution < -0.4 is 5.32 Å². The molecule has 0 fully saturated rings. The number of carbonyl (C=O) groups excluding carboxylic acids is 2. The Kier molecular flexibility index (Phi) is 45.7. The van der Waals surface area contributed by atoms with Crippen LogP contribution in [-0.2, 0) is 14.3 Å². The van der Waals surface area contributed by atoms with Gasteiger partial charge in [-0.25, -0.2) is 0 Å². The van der Waals surface area contributed by atoms with E-state index in [1.807, 2.05) is 0 Å². The normalized spacial score (nSPS) is 13.8. The molecule has 1 amide bonds. The third-order valence-corrected chi connectivity index (χ3v) is 11.3. The monoisotopic (exact) mass is 840 g/mol. The molecule has 0 saturated carbocycles. The van der Waals surface area contributed by atoms with E-state index in [1.54, 1.807) is 0 Å². The van der Waals surface area contributed by atoms with Crippen LogP contribution in [0.1, 0.15) is 245 Å². The topological polar surface area (TPSA) is 95.9 Å². The highest BCUT2D eigenvalue weighted by atomic mass is 16.5. The minimum atomic E-state index is -0.800. The Balaban J connectivity index is 4.69. The molecule has 0 aliphatic rings. The van der Waals surface area contributed by atoms with Crippen LogP contribution in [0.4, 0.5) is 0 Å². The predicted octanol–water partition coefficient (Wildman–Crippen LogP) is 15.2. The van der Waals surface area contributed by atoms with Crippen LogP contribution in [0.3, 0.4) is 0 Å². The zero-order valence-electron chi connectivity index (χ0n) is 39.6. The first kappa shape index (κ1) is 57.6. The minimum Gasteiger partial charge on any atom is -0.462 e. The highest BCUT2D eigenvalue weighted by molar-refractivity contribution is 5.77. The van der Waals surface area contributed by atoms with Crippen LogP contribution in [0.25, 0.3) is 0 Å². The van der Waals surface area contributed by atoms with Gasteiger partial charge in [0, 0.05) is 6.42 Å². The number of aliphatic hydroxyl groups excluding tert-OH is 2. The molecule has 6 heteroatoms. The van der Waals surface area contributed by atoms with Gasteiger partial charge in [0.1, 0.15) is 6.10 Å². The molecular weight excluding hydrogens is 743 g/mol. The van der Waals surface area contributed by atoms with Gasteiger partial charge in [0.2, 0.25) is 5.91 Å². The van der Waals surface area contributed by atoms with Crippen LogP contribution in [-0.4, -0.2) is 46.9 Å². The van der Waals surface area contributed by atoms with Crippen molar-refractivity contribution in [1.29, 1.82) is 0 Å². The third kappa shape index (κ3) is 42.3. The number of aliphatic hydroxyl groups is 2. The Labute approximate surface area is 371 Å². The highest BCUT2D eigenvalue weighted by Gasteiger charge is 2.24. The van der Waals surface area contributed by atoms with Crippen molar-refractivity contribution in [3.8, 4) is 0 Å². The second-order valence-corrected chi connectivity index (χ2v) is 17.2. The van der Waals surface area contributed by atoms with E-state index in [4.69, 9.17) is 4.74 Å². The Morgan fingerprint density at radius 3 is 1.43 bits per heavy atom. The maximum absolute atomic E-state index is 13.2. The van der Waals surface area contributed by atoms with E-state index in [0.29, 0.717) is 19.3 Å². The second kappa shape index (κ2) is 47.6. The lowest BCUT2D eigenvalue weighted by molar-refractivity contribution is -0.151. The van der Waals surface area contributed by atoms with Gasteiger partial charge < -0.3 is 20.3 Å². The zero-order valence-corrected chi connectivity index (χ0v) is 39.6. The van der Waals surface area contributed by atoms with E-state index in [2.05, 4.69) is 86.8 Å². The van der Waals surface area contributed by atoms with Crippen LogP contribution in [0, 0.1) is 0 Å². The van der Waals surface area contributed by atoms with Crippen molar-refractivity contribution in [1.82, 2.24) is 5.32 Å². The summed E-state index contributed by atoms with van der Waals surface area (Å²) in [6, 6.07) is -0.717. The number of carbonyl (C=O) groups is 2. The molecule has 0 aromatic carbocycles. The molecule has 3 atom stereocenters. The van der Waals surface area contributed by atoms with Crippen molar-refractivity contribution < 1.29 is 24.5 Å². The number of nitrogens with one attached hydrogen (secondary N) is 1. The lowest BCUT2D eigenvalue weighted by atomic mass is 10.0. The van der Waals surface area contributed by atoms with E-state index < -0.39 is 18.2 Å². The number of unbranched alkanes of at least 4 members (excludes halogenated alkanes) is 24. The number of amides is 1. The molecule has 3 unspecified atom stereocenters. The summed E-state index contributed by atoms with van der Waals surface area (Å²) < 4.78 is 5.91. The lowest BCUT2D eigenvalue weighted by Crippen LogP contribution is -2.46. The summed E-state index contributed by atoms with van der Waals surface area (Å²) >= 11 is 0. The Bertz CT molecular complexity index is 1080. The number of esters is 1. The van der Waals surface area contributed by atoms with Gasteiger partial charge >= 0.3 is 5.97 Å². The van der Waals surface area contributed by atoms with Crippen LogP contribution in [0.15, 0.2) is 60.8 Å². The molecule has 0 saturated heterocycles. The molecule has 0 radical (unpaired) electrons. The smallest absolute Gasteiger partial charge is 0.306 e. The summed E-state index contributed by atoms with van der Waals surface area (Å²) in [5, 5.41) is 23.7. The summed E-state index contributed by atoms with van der Waals surface area (Å²) in [5.41, 5.74) is 0. The molecule has 348 valence electrons.